The van der Waals surface area contributed by atoms with Crippen LogP contribution in [0.2, 0.25) is 0 Å². The van der Waals surface area contributed by atoms with E-state index in [4.69, 9.17) is 9.26 Å². The van der Waals surface area contributed by atoms with Gasteiger partial charge in [-0.1, -0.05) is 5.16 Å². The molecule has 0 bridgehead atoms. The highest BCUT2D eigenvalue weighted by Gasteiger charge is 2.22. The number of ether oxygens (including phenoxy) is 1. The molecule has 27 heavy (non-hydrogen) atoms. The molecule has 136 valence electrons. The second-order valence-electron chi connectivity index (χ2n) is 5.90. The molecule has 0 aliphatic carbocycles. The Morgan fingerprint density at radius 3 is 2.63 bits per heavy atom. The number of benzene rings is 2. The Morgan fingerprint density at radius 2 is 1.93 bits per heavy atom. The molecule has 0 radical (unpaired) electrons. The molecule has 0 saturated carbocycles. The second-order valence-corrected chi connectivity index (χ2v) is 5.90. The van der Waals surface area contributed by atoms with E-state index >= 15 is 0 Å². The zero-order valence-corrected chi connectivity index (χ0v) is 14.4. The highest BCUT2D eigenvalue weighted by atomic mass is 19.1. The lowest BCUT2D eigenvalue weighted by Crippen LogP contribution is -2.19. The number of hydrogen-bond acceptors (Lipinski definition) is 6. The summed E-state index contributed by atoms with van der Waals surface area (Å²) in [5.41, 5.74) is 0.209. The van der Waals surface area contributed by atoms with Gasteiger partial charge in [-0.2, -0.15) is 4.98 Å². The fourth-order valence-electron chi connectivity index (χ4n) is 2.87. The molecule has 4 aromatic rings. The van der Waals surface area contributed by atoms with Crippen molar-refractivity contribution < 1.29 is 18.8 Å². The summed E-state index contributed by atoms with van der Waals surface area (Å²) in [6.07, 6.45) is 0. The largest absolute Gasteiger partial charge is 0.506 e. The highest BCUT2D eigenvalue weighted by molar-refractivity contribution is 5.91. The van der Waals surface area contributed by atoms with Gasteiger partial charge in [-0.05, 0) is 42.5 Å². The first-order valence-corrected chi connectivity index (χ1v) is 7.99. The standard InChI is InChI=1S/C19H14FN3O4/c1-23-14-9-11(20)5-8-13(14)16(24)15(19(23)25)18-21-17(22-27-18)10-3-6-12(26-2)7-4-10/h3-9,24H,1-2H3. The Morgan fingerprint density at radius 1 is 1.19 bits per heavy atom. The van der Waals surface area contributed by atoms with E-state index < -0.39 is 11.4 Å². The fourth-order valence-corrected chi connectivity index (χ4v) is 2.87. The molecule has 8 heteroatoms. The number of hydrogen-bond donors (Lipinski definition) is 1. The number of aromatic nitrogens is 3. The first-order chi connectivity index (χ1) is 13.0. The molecule has 0 saturated heterocycles. The fraction of sp³-hybridized carbons (Fsp3) is 0.105. The molecular weight excluding hydrogens is 353 g/mol. The normalized spacial score (nSPS) is 11.1. The first-order valence-electron chi connectivity index (χ1n) is 7.99. The van der Waals surface area contributed by atoms with E-state index in [-0.39, 0.29) is 28.5 Å². The molecule has 2 heterocycles. The number of aryl methyl sites for hydroxylation is 1. The minimum Gasteiger partial charge on any atom is -0.506 e. The average Bonchev–Trinajstić information content (AvgIpc) is 3.16. The number of nitrogens with zero attached hydrogens (tertiary/aromatic N) is 3. The van der Waals surface area contributed by atoms with Gasteiger partial charge < -0.3 is 18.9 Å². The van der Waals surface area contributed by atoms with E-state index in [0.29, 0.717) is 16.7 Å². The van der Waals surface area contributed by atoms with Crippen LogP contribution in [0.4, 0.5) is 4.39 Å². The first kappa shape index (κ1) is 16.8. The molecule has 1 N–H and O–H groups in total. The molecule has 2 aromatic heterocycles. The lowest BCUT2D eigenvalue weighted by Gasteiger charge is -2.09. The van der Waals surface area contributed by atoms with Crippen LogP contribution in [-0.2, 0) is 7.05 Å². The third kappa shape index (κ3) is 2.71. The summed E-state index contributed by atoms with van der Waals surface area (Å²) >= 11 is 0. The van der Waals surface area contributed by atoms with Crippen LogP contribution in [0.15, 0.2) is 51.8 Å². The van der Waals surface area contributed by atoms with Crippen LogP contribution >= 0.6 is 0 Å². The molecule has 2 aromatic carbocycles. The Kier molecular flexibility index (Phi) is 3.88. The van der Waals surface area contributed by atoms with Crippen LogP contribution in [0.25, 0.3) is 33.7 Å². The van der Waals surface area contributed by atoms with Crippen LogP contribution in [0.3, 0.4) is 0 Å². The van der Waals surface area contributed by atoms with Crippen molar-refractivity contribution in [2.45, 2.75) is 0 Å². The molecule has 4 rings (SSSR count). The van der Waals surface area contributed by atoms with Gasteiger partial charge in [0.05, 0.1) is 12.6 Å². The van der Waals surface area contributed by atoms with Gasteiger partial charge in [-0.3, -0.25) is 4.79 Å². The van der Waals surface area contributed by atoms with Crippen molar-refractivity contribution in [3.8, 4) is 34.3 Å². The monoisotopic (exact) mass is 367 g/mol. The Hall–Kier alpha value is -3.68. The van der Waals surface area contributed by atoms with Gasteiger partial charge in [0, 0.05) is 18.0 Å². The van der Waals surface area contributed by atoms with Crippen molar-refractivity contribution in [3.63, 3.8) is 0 Å². The highest BCUT2D eigenvalue weighted by Crippen LogP contribution is 2.33. The van der Waals surface area contributed by atoms with Gasteiger partial charge >= 0.3 is 0 Å². The molecule has 7 nitrogen and oxygen atoms in total. The number of aromatic hydroxyl groups is 1. The molecule has 0 spiro atoms. The summed E-state index contributed by atoms with van der Waals surface area (Å²) in [6.45, 7) is 0. The van der Waals surface area contributed by atoms with Crippen molar-refractivity contribution in [1.29, 1.82) is 0 Å². The summed E-state index contributed by atoms with van der Waals surface area (Å²) in [6, 6.07) is 10.7. The summed E-state index contributed by atoms with van der Waals surface area (Å²) < 4.78 is 25.0. The van der Waals surface area contributed by atoms with E-state index in [0.717, 1.165) is 0 Å². The van der Waals surface area contributed by atoms with E-state index in [1.54, 1.807) is 31.4 Å². The molecule has 0 fully saturated rings. The predicted molar refractivity (Wildman–Crippen MR) is 96.1 cm³/mol. The second kappa shape index (κ2) is 6.24. The lowest BCUT2D eigenvalue weighted by molar-refractivity contribution is 0.414. The van der Waals surface area contributed by atoms with Crippen LogP contribution in [0, 0.1) is 5.82 Å². The number of halogens is 1. The number of rotatable bonds is 3. The third-order valence-corrected chi connectivity index (χ3v) is 4.32. The number of pyridine rings is 1. The van der Waals surface area contributed by atoms with Gasteiger partial charge in [-0.15, -0.1) is 0 Å². The molecule has 0 atom stereocenters. The minimum atomic E-state index is -0.574. The predicted octanol–water partition coefficient (Wildman–Crippen LogP) is 3.11. The summed E-state index contributed by atoms with van der Waals surface area (Å²) in [7, 11) is 3.04. The van der Waals surface area contributed by atoms with E-state index in [2.05, 4.69) is 10.1 Å². The molecule has 0 aliphatic heterocycles. The van der Waals surface area contributed by atoms with Crippen molar-refractivity contribution in [2.24, 2.45) is 7.05 Å². The SMILES string of the molecule is COc1ccc(-c2noc(-c3c(O)c4ccc(F)cc4n(C)c3=O)n2)cc1. The minimum absolute atomic E-state index is 0.120. The van der Waals surface area contributed by atoms with Gasteiger partial charge in [0.2, 0.25) is 5.82 Å². The van der Waals surface area contributed by atoms with Crippen LogP contribution in [0.5, 0.6) is 11.5 Å². The molecule has 0 unspecified atom stereocenters. The average molecular weight is 367 g/mol. The zero-order chi connectivity index (χ0) is 19.1. The molecular formula is C19H14FN3O4. The Bertz CT molecular complexity index is 1210. The summed E-state index contributed by atoms with van der Waals surface area (Å²) in [5, 5.41) is 14.7. The van der Waals surface area contributed by atoms with Crippen LogP contribution < -0.4 is 10.3 Å². The van der Waals surface area contributed by atoms with Crippen LogP contribution in [-0.4, -0.2) is 26.9 Å². The van der Waals surface area contributed by atoms with Crippen molar-refractivity contribution >= 4 is 10.9 Å². The quantitative estimate of drug-likeness (QED) is 0.598. The third-order valence-electron chi connectivity index (χ3n) is 4.32. The number of methoxy groups -OCH3 is 1. The van der Waals surface area contributed by atoms with Crippen molar-refractivity contribution in [3.05, 3.63) is 58.6 Å². The van der Waals surface area contributed by atoms with E-state index in [1.165, 1.54) is 29.8 Å². The lowest BCUT2D eigenvalue weighted by atomic mass is 10.1. The van der Waals surface area contributed by atoms with Crippen LogP contribution in [0.1, 0.15) is 0 Å². The zero-order valence-electron chi connectivity index (χ0n) is 14.4. The smallest absolute Gasteiger partial charge is 0.267 e. The van der Waals surface area contributed by atoms with E-state index in [1.807, 2.05) is 0 Å². The van der Waals surface area contributed by atoms with E-state index in [9.17, 15) is 14.3 Å². The van der Waals surface area contributed by atoms with Crippen molar-refractivity contribution in [2.75, 3.05) is 7.11 Å². The topological polar surface area (TPSA) is 90.4 Å². The van der Waals surface area contributed by atoms with Gasteiger partial charge in [0.15, 0.2) is 0 Å². The maximum atomic E-state index is 13.5. The van der Waals surface area contributed by atoms with Gasteiger partial charge in [0.25, 0.3) is 11.4 Å². The van der Waals surface area contributed by atoms with Gasteiger partial charge in [0.1, 0.15) is 22.9 Å². The number of fused-ring (bicyclic) bond motifs is 1. The van der Waals surface area contributed by atoms with Crippen molar-refractivity contribution in [1.82, 2.24) is 14.7 Å². The van der Waals surface area contributed by atoms with Gasteiger partial charge in [-0.25, -0.2) is 4.39 Å². The maximum absolute atomic E-state index is 13.5. The summed E-state index contributed by atoms with van der Waals surface area (Å²) in [5.74, 6) is -0.0311. The Labute approximate surface area is 152 Å². The maximum Gasteiger partial charge on any atom is 0.267 e. The molecule has 0 aliphatic rings. The summed E-state index contributed by atoms with van der Waals surface area (Å²) in [4.78, 5) is 16.9. The molecule has 0 amide bonds. The Balaban J connectivity index is 1.87.